The molecule has 2 heterocycles. The Kier molecular flexibility index (Phi) is 7.54. The van der Waals surface area contributed by atoms with E-state index in [1.807, 2.05) is 47.4 Å². The molecule has 40 heavy (non-hydrogen) atoms. The molecule has 10 heteroatoms. The van der Waals surface area contributed by atoms with Crippen LogP contribution in [0, 0.1) is 11.8 Å². The summed E-state index contributed by atoms with van der Waals surface area (Å²) >= 11 is 0. The lowest BCUT2D eigenvalue weighted by molar-refractivity contribution is -0.143. The summed E-state index contributed by atoms with van der Waals surface area (Å²) in [5, 5.41) is 1.92. The van der Waals surface area contributed by atoms with Crippen molar-refractivity contribution in [3.63, 3.8) is 0 Å². The number of rotatable bonds is 3. The fraction of sp³-hybridized carbons (Fsp3) is 0.400. The van der Waals surface area contributed by atoms with Crippen molar-refractivity contribution in [2.75, 3.05) is 26.2 Å². The zero-order valence-corrected chi connectivity index (χ0v) is 21.6. The van der Waals surface area contributed by atoms with Gasteiger partial charge in [0.1, 0.15) is 0 Å². The number of piperidine rings is 2. The molecule has 5 rings (SSSR count). The van der Waals surface area contributed by atoms with Crippen molar-refractivity contribution in [3.05, 3.63) is 82.9 Å². The molecule has 2 aliphatic rings. The van der Waals surface area contributed by atoms with Crippen molar-refractivity contribution >= 4 is 22.6 Å². The third-order valence-electron chi connectivity index (χ3n) is 8.17. The van der Waals surface area contributed by atoms with Gasteiger partial charge in [0.25, 0.3) is 11.8 Å². The molecule has 0 atom stereocenters. The average Bonchev–Trinajstić information content (AvgIpc) is 2.95. The zero-order chi connectivity index (χ0) is 28.7. The molecule has 212 valence electrons. The van der Waals surface area contributed by atoms with E-state index in [-0.39, 0.29) is 31.0 Å². The van der Waals surface area contributed by atoms with Gasteiger partial charge in [0.2, 0.25) is 0 Å². The summed E-state index contributed by atoms with van der Waals surface area (Å²) in [5.74, 6) is -0.231. The first-order valence-electron chi connectivity index (χ1n) is 13.3. The molecule has 2 saturated heterocycles. The summed E-state index contributed by atoms with van der Waals surface area (Å²) in [5.41, 5.74) is -2.93. The first kappa shape index (κ1) is 28.0. The molecule has 0 N–H and O–H groups in total. The number of benzene rings is 3. The predicted molar refractivity (Wildman–Crippen MR) is 138 cm³/mol. The van der Waals surface area contributed by atoms with Crippen molar-refractivity contribution in [2.24, 2.45) is 11.8 Å². The van der Waals surface area contributed by atoms with Crippen LogP contribution in [0.2, 0.25) is 0 Å². The number of alkyl halides is 6. The van der Waals surface area contributed by atoms with Crippen molar-refractivity contribution in [2.45, 2.75) is 38.0 Å². The standard InChI is InChI=1S/C30H28F6N2O2/c31-29(32,33)23-16-22(17-24(18-23)30(34,35)36)27(39)37-12-8-19(9-13-37)20-10-14-38(15-11-20)28(40)26-7-3-5-21-4-1-2-6-25(21)26/h1-7,16-20H,8-15H2. The predicted octanol–water partition coefficient (Wildman–Crippen LogP) is 7.28. The second-order valence-electron chi connectivity index (χ2n) is 10.6. The molecule has 3 aromatic rings. The highest BCUT2D eigenvalue weighted by atomic mass is 19.4. The number of carbonyl (C=O) groups excluding carboxylic acids is 2. The van der Waals surface area contributed by atoms with Crippen LogP contribution in [0.15, 0.2) is 60.7 Å². The summed E-state index contributed by atoms with van der Waals surface area (Å²) in [7, 11) is 0. The van der Waals surface area contributed by atoms with Crippen molar-refractivity contribution in [3.8, 4) is 0 Å². The minimum atomic E-state index is -5.01. The lowest BCUT2D eigenvalue weighted by atomic mass is 9.78. The van der Waals surface area contributed by atoms with Gasteiger partial charge in [-0.25, -0.2) is 0 Å². The maximum Gasteiger partial charge on any atom is 0.416 e. The van der Waals surface area contributed by atoms with E-state index in [0.29, 0.717) is 49.5 Å². The van der Waals surface area contributed by atoms with Crippen LogP contribution in [0.5, 0.6) is 0 Å². The molecule has 4 nitrogen and oxygen atoms in total. The van der Waals surface area contributed by atoms with E-state index in [4.69, 9.17) is 0 Å². The summed E-state index contributed by atoms with van der Waals surface area (Å²) in [4.78, 5) is 29.4. The topological polar surface area (TPSA) is 40.6 Å². The van der Waals surface area contributed by atoms with Gasteiger partial charge in [0.05, 0.1) is 11.1 Å². The summed E-state index contributed by atoms with van der Waals surface area (Å²) in [6.07, 6.45) is -7.19. The summed E-state index contributed by atoms with van der Waals surface area (Å²) in [6.45, 7) is 1.74. The van der Waals surface area contributed by atoms with Gasteiger partial charge in [-0.2, -0.15) is 26.3 Å². The highest BCUT2D eigenvalue weighted by Gasteiger charge is 2.39. The molecular formula is C30H28F6N2O2. The Labute approximate surface area is 227 Å². The third-order valence-corrected chi connectivity index (χ3v) is 8.17. The van der Waals surface area contributed by atoms with Gasteiger partial charge < -0.3 is 9.80 Å². The highest BCUT2D eigenvalue weighted by molar-refractivity contribution is 6.07. The monoisotopic (exact) mass is 562 g/mol. The number of hydrogen-bond donors (Lipinski definition) is 0. The normalized spacial score (nSPS) is 17.9. The lowest BCUT2D eigenvalue weighted by Gasteiger charge is -2.40. The second-order valence-corrected chi connectivity index (χ2v) is 10.6. The molecule has 2 aliphatic heterocycles. The van der Waals surface area contributed by atoms with Crippen molar-refractivity contribution in [1.82, 2.24) is 9.80 Å². The molecule has 0 saturated carbocycles. The van der Waals surface area contributed by atoms with E-state index in [1.165, 1.54) is 4.90 Å². The van der Waals surface area contributed by atoms with E-state index in [1.54, 1.807) is 0 Å². The van der Waals surface area contributed by atoms with Gasteiger partial charge in [-0.1, -0.05) is 36.4 Å². The van der Waals surface area contributed by atoms with Crippen LogP contribution >= 0.6 is 0 Å². The number of hydrogen-bond acceptors (Lipinski definition) is 2. The molecule has 3 aromatic carbocycles. The Hall–Kier alpha value is -3.56. The van der Waals surface area contributed by atoms with E-state index < -0.39 is 35.0 Å². The number of carbonyl (C=O) groups is 2. The second kappa shape index (κ2) is 10.8. The molecule has 2 fully saturated rings. The lowest BCUT2D eigenvalue weighted by Crippen LogP contribution is -2.44. The van der Waals surface area contributed by atoms with Gasteiger partial charge in [-0.3, -0.25) is 9.59 Å². The molecule has 0 spiro atoms. The average molecular weight is 563 g/mol. The smallest absolute Gasteiger partial charge is 0.339 e. The molecule has 2 amide bonds. The number of fused-ring (bicyclic) bond motifs is 1. The largest absolute Gasteiger partial charge is 0.416 e. The minimum absolute atomic E-state index is 0.00465. The maximum atomic E-state index is 13.3. The molecule has 0 bridgehead atoms. The molecule has 0 aliphatic carbocycles. The molecule has 0 aromatic heterocycles. The van der Waals surface area contributed by atoms with Crippen LogP contribution in [0.4, 0.5) is 26.3 Å². The SMILES string of the molecule is O=C(c1cc(C(F)(F)F)cc(C(F)(F)F)c1)N1CCC(C2CCN(C(=O)c3cccc4ccccc34)CC2)CC1. The van der Waals surface area contributed by atoms with Crippen LogP contribution in [0.3, 0.4) is 0 Å². The Morgan fingerprint density at radius 1 is 0.625 bits per heavy atom. The van der Waals surface area contributed by atoms with E-state index >= 15 is 0 Å². The Balaban J connectivity index is 1.19. The molecule has 0 unspecified atom stereocenters. The number of nitrogens with zero attached hydrogens (tertiary/aromatic N) is 2. The van der Waals surface area contributed by atoms with Gasteiger partial charge in [-0.05, 0) is 72.6 Å². The number of halogens is 6. The molecule has 0 radical (unpaired) electrons. The maximum absolute atomic E-state index is 13.3. The minimum Gasteiger partial charge on any atom is -0.339 e. The van der Waals surface area contributed by atoms with Gasteiger partial charge in [0.15, 0.2) is 0 Å². The fourth-order valence-electron chi connectivity index (χ4n) is 5.99. The van der Waals surface area contributed by atoms with Crippen molar-refractivity contribution < 1.29 is 35.9 Å². The van der Waals surface area contributed by atoms with Gasteiger partial charge in [0, 0.05) is 37.3 Å². The Morgan fingerprint density at radius 2 is 1.10 bits per heavy atom. The van der Waals surface area contributed by atoms with Crippen LogP contribution in [-0.2, 0) is 12.4 Å². The first-order chi connectivity index (χ1) is 18.9. The third kappa shape index (κ3) is 5.81. The first-order valence-corrected chi connectivity index (χ1v) is 13.3. The molecular weight excluding hydrogens is 534 g/mol. The Bertz CT molecular complexity index is 1360. The van der Waals surface area contributed by atoms with E-state index in [2.05, 4.69) is 0 Å². The van der Waals surface area contributed by atoms with Gasteiger partial charge in [-0.15, -0.1) is 0 Å². The van der Waals surface area contributed by atoms with Crippen molar-refractivity contribution in [1.29, 1.82) is 0 Å². The van der Waals surface area contributed by atoms with Crippen LogP contribution in [0.1, 0.15) is 57.5 Å². The fourth-order valence-corrected chi connectivity index (χ4v) is 5.99. The van der Waals surface area contributed by atoms with Crippen LogP contribution < -0.4 is 0 Å². The van der Waals surface area contributed by atoms with Crippen LogP contribution in [-0.4, -0.2) is 47.8 Å². The zero-order valence-electron chi connectivity index (χ0n) is 21.6. The highest BCUT2D eigenvalue weighted by Crippen LogP contribution is 2.38. The quantitative estimate of drug-likeness (QED) is 0.315. The summed E-state index contributed by atoms with van der Waals surface area (Å²) < 4.78 is 79.3. The van der Waals surface area contributed by atoms with Gasteiger partial charge >= 0.3 is 12.4 Å². The number of amides is 2. The van der Waals surface area contributed by atoms with Crippen LogP contribution in [0.25, 0.3) is 10.8 Å². The van der Waals surface area contributed by atoms with E-state index in [0.717, 1.165) is 23.6 Å². The number of likely N-dealkylation sites (tertiary alicyclic amines) is 2. The summed E-state index contributed by atoms with van der Waals surface area (Å²) in [6, 6.07) is 14.4. The Morgan fingerprint density at radius 3 is 1.62 bits per heavy atom. The van der Waals surface area contributed by atoms with E-state index in [9.17, 15) is 35.9 Å².